The third-order valence-electron chi connectivity index (χ3n) is 5.64. The molecule has 1 aliphatic heterocycles. The number of hydrogen-bond donors (Lipinski definition) is 1. The molecule has 33 heavy (non-hydrogen) atoms. The summed E-state index contributed by atoms with van der Waals surface area (Å²) in [5.74, 6) is 0.178. The third kappa shape index (κ3) is 6.93. The molecule has 0 spiro atoms. The zero-order valence-electron chi connectivity index (χ0n) is 19.5. The molecule has 1 heterocycles. The molecule has 0 bridgehead atoms. The van der Waals surface area contributed by atoms with Gasteiger partial charge in [0.1, 0.15) is 11.8 Å². The number of benzene rings is 2. The zero-order chi connectivity index (χ0) is 23.8. The summed E-state index contributed by atoms with van der Waals surface area (Å²) in [4.78, 5) is 15.4. The second-order valence-corrected chi connectivity index (χ2v) is 9.97. The van der Waals surface area contributed by atoms with E-state index in [0.29, 0.717) is 24.4 Å². The number of ether oxygens (including phenoxy) is 2. The molecule has 0 saturated carbocycles. The lowest BCUT2D eigenvalue weighted by molar-refractivity contribution is -0.122. The molecule has 1 saturated heterocycles. The molecule has 2 aromatic carbocycles. The number of hydrogen-bond acceptors (Lipinski definition) is 6. The Labute approximate surface area is 196 Å². The van der Waals surface area contributed by atoms with Crippen molar-refractivity contribution >= 4 is 21.6 Å². The Hall–Kier alpha value is -2.62. The number of methoxy groups -OCH3 is 1. The van der Waals surface area contributed by atoms with Crippen LogP contribution in [-0.4, -0.2) is 64.9 Å². The monoisotopic (exact) mass is 475 g/mol. The number of nitrogens with zero attached hydrogens (tertiary/aromatic N) is 2. The minimum Gasteiger partial charge on any atom is -0.497 e. The minimum atomic E-state index is -3.70. The maximum absolute atomic E-state index is 13.0. The van der Waals surface area contributed by atoms with Gasteiger partial charge in [-0.2, -0.15) is 0 Å². The number of morpholine rings is 1. The average molecular weight is 476 g/mol. The van der Waals surface area contributed by atoms with Crippen molar-refractivity contribution in [2.24, 2.45) is 0 Å². The molecule has 1 atom stereocenters. The molecular weight excluding hydrogens is 442 g/mol. The quantitative estimate of drug-likeness (QED) is 0.568. The largest absolute Gasteiger partial charge is 0.497 e. The molecule has 1 N–H and O–H groups in total. The van der Waals surface area contributed by atoms with Crippen LogP contribution in [0, 0.1) is 0 Å². The molecule has 1 fully saturated rings. The molecule has 0 unspecified atom stereocenters. The van der Waals surface area contributed by atoms with Crippen LogP contribution in [0.15, 0.2) is 48.5 Å². The molecule has 1 aliphatic rings. The zero-order valence-corrected chi connectivity index (χ0v) is 20.3. The van der Waals surface area contributed by atoms with E-state index in [-0.39, 0.29) is 5.91 Å². The van der Waals surface area contributed by atoms with E-state index < -0.39 is 16.1 Å². The highest BCUT2D eigenvalue weighted by atomic mass is 32.2. The lowest BCUT2D eigenvalue weighted by Gasteiger charge is -2.30. The summed E-state index contributed by atoms with van der Waals surface area (Å²) in [6.45, 7) is 6.39. The molecule has 0 radical (unpaired) electrons. The van der Waals surface area contributed by atoms with Crippen LogP contribution in [0.25, 0.3) is 0 Å². The van der Waals surface area contributed by atoms with Crippen LogP contribution < -0.4 is 14.4 Å². The number of sulfonamides is 1. The van der Waals surface area contributed by atoms with E-state index in [1.165, 1.54) is 12.7 Å². The first-order valence-electron chi connectivity index (χ1n) is 11.1. The lowest BCUT2D eigenvalue weighted by atomic mass is 10.1. The minimum absolute atomic E-state index is 0.322. The molecule has 1 amide bonds. The van der Waals surface area contributed by atoms with Gasteiger partial charge in [0.05, 0.1) is 32.3 Å². The molecule has 8 nitrogen and oxygen atoms in total. The van der Waals surface area contributed by atoms with Gasteiger partial charge in [-0.15, -0.1) is 0 Å². The Morgan fingerprint density at radius 3 is 2.42 bits per heavy atom. The smallest absolute Gasteiger partial charge is 0.244 e. The van der Waals surface area contributed by atoms with E-state index in [2.05, 4.69) is 22.3 Å². The Balaban J connectivity index is 1.66. The fourth-order valence-corrected chi connectivity index (χ4v) is 5.10. The lowest BCUT2D eigenvalue weighted by Crippen LogP contribution is -2.49. The van der Waals surface area contributed by atoms with E-state index in [1.807, 2.05) is 12.1 Å². The first-order chi connectivity index (χ1) is 15.8. The third-order valence-corrected chi connectivity index (χ3v) is 6.82. The van der Waals surface area contributed by atoms with E-state index in [1.54, 1.807) is 31.2 Å². The fraction of sp³-hybridized carbons (Fsp3) is 0.458. The average Bonchev–Trinajstić information content (AvgIpc) is 2.81. The molecule has 2 aromatic rings. The molecule has 3 rings (SSSR count). The van der Waals surface area contributed by atoms with Crippen molar-refractivity contribution in [1.82, 2.24) is 10.2 Å². The number of amides is 1. The Bertz CT molecular complexity index is 1020. The predicted molar refractivity (Wildman–Crippen MR) is 129 cm³/mol. The second kappa shape index (κ2) is 11.5. The SMILES string of the molecule is CC[C@H](C(=O)NCc1ccc(CN2CCOCC2)cc1)N(c1cccc(OC)c1)S(C)(=O)=O. The summed E-state index contributed by atoms with van der Waals surface area (Å²) < 4.78 is 37.0. The first kappa shape index (κ1) is 25.0. The van der Waals surface area contributed by atoms with Crippen LogP contribution in [-0.2, 0) is 32.6 Å². The van der Waals surface area contributed by atoms with Gasteiger partial charge in [-0.05, 0) is 29.7 Å². The normalized spacial score (nSPS) is 15.6. The standard InChI is InChI=1S/C24H33N3O5S/c1-4-23(27(33(3,29)30)21-6-5-7-22(16-21)31-2)24(28)25-17-19-8-10-20(11-9-19)18-26-12-14-32-15-13-26/h5-11,16,23H,4,12-15,17-18H2,1-3H3,(H,25,28)/t23-/m1/s1. The summed E-state index contributed by atoms with van der Waals surface area (Å²) in [6, 6.07) is 14.0. The van der Waals surface area contributed by atoms with Crippen molar-refractivity contribution in [2.75, 3.05) is 44.0 Å². The topological polar surface area (TPSA) is 88.2 Å². The highest BCUT2D eigenvalue weighted by Crippen LogP contribution is 2.26. The number of rotatable bonds is 10. The summed E-state index contributed by atoms with van der Waals surface area (Å²) >= 11 is 0. The maximum Gasteiger partial charge on any atom is 0.244 e. The second-order valence-electron chi connectivity index (χ2n) is 8.11. The van der Waals surface area contributed by atoms with Crippen LogP contribution in [0.2, 0.25) is 0 Å². The van der Waals surface area contributed by atoms with Crippen molar-refractivity contribution in [1.29, 1.82) is 0 Å². The van der Waals surface area contributed by atoms with Crippen LogP contribution in [0.3, 0.4) is 0 Å². The van der Waals surface area contributed by atoms with Gasteiger partial charge in [0.2, 0.25) is 15.9 Å². The van der Waals surface area contributed by atoms with E-state index in [0.717, 1.165) is 49.0 Å². The first-order valence-corrected chi connectivity index (χ1v) is 13.0. The van der Waals surface area contributed by atoms with Crippen LogP contribution >= 0.6 is 0 Å². The molecule has 0 aromatic heterocycles. The fourth-order valence-electron chi connectivity index (χ4n) is 3.89. The Morgan fingerprint density at radius 2 is 1.82 bits per heavy atom. The van der Waals surface area contributed by atoms with Gasteiger partial charge >= 0.3 is 0 Å². The van der Waals surface area contributed by atoms with Crippen LogP contribution in [0.5, 0.6) is 5.75 Å². The Kier molecular flexibility index (Phi) is 8.71. The van der Waals surface area contributed by atoms with Gasteiger partial charge in [-0.1, -0.05) is 37.3 Å². The summed E-state index contributed by atoms with van der Waals surface area (Å²) in [5.41, 5.74) is 2.56. The summed E-state index contributed by atoms with van der Waals surface area (Å²) in [6.07, 6.45) is 1.43. The molecular formula is C24H33N3O5S. The van der Waals surface area contributed by atoms with Crippen molar-refractivity contribution in [3.8, 4) is 5.75 Å². The van der Waals surface area contributed by atoms with Gasteiger partial charge in [0.15, 0.2) is 0 Å². The molecule has 180 valence electrons. The number of carbonyl (C=O) groups is 1. The number of anilines is 1. The van der Waals surface area contributed by atoms with Crippen LogP contribution in [0.4, 0.5) is 5.69 Å². The van der Waals surface area contributed by atoms with Crippen LogP contribution in [0.1, 0.15) is 24.5 Å². The Morgan fingerprint density at radius 1 is 1.15 bits per heavy atom. The molecule has 0 aliphatic carbocycles. The highest BCUT2D eigenvalue weighted by Gasteiger charge is 2.31. The number of nitrogens with one attached hydrogen (secondary N) is 1. The maximum atomic E-state index is 13.0. The van der Waals surface area contributed by atoms with E-state index in [9.17, 15) is 13.2 Å². The highest BCUT2D eigenvalue weighted by molar-refractivity contribution is 7.92. The van der Waals surface area contributed by atoms with Crippen molar-refractivity contribution in [2.45, 2.75) is 32.5 Å². The van der Waals surface area contributed by atoms with Crippen molar-refractivity contribution in [3.05, 3.63) is 59.7 Å². The van der Waals surface area contributed by atoms with Gasteiger partial charge in [-0.25, -0.2) is 8.42 Å². The van der Waals surface area contributed by atoms with Gasteiger partial charge in [0.25, 0.3) is 0 Å². The van der Waals surface area contributed by atoms with E-state index >= 15 is 0 Å². The van der Waals surface area contributed by atoms with Crippen molar-refractivity contribution < 1.29 is 22.7 Å². The van der Waals surface area contributed by atoms with Gasteiger partial charge in [0, 0.05) is 32.2 Å². The van der Waals surface area contributed by atoms with E-state index in [4.69, 9.17) is 9.47 Å². The summed E-state index contributed by atoms with van der Waals surface area (Å²) in [5, 5.41) is 2.90. The van der Waals surface area contributed by atoms with Gasteiger partial charge in [-0.3, -0.25) is 14.0 Å². The van der Waals surface area contributed by atoms with Crippen molar-refractivity contribution in [3.63, 3.8) is 0 Å². The van der Waals surface area contributed by atoms with Gasteiger partial charge < -0.3 is 14.8 Å². The number of carbonyl (C=O) groups excluding carboxylic acids is 1. The predicted octanol–water partition coefficient (Wildman–Crippen LogP) is 2.39. The molecule has 9 heteroatoms. The summed E-state index contributed by atoms with van der Waals surface area (Å²) in [7, 11) is -2.18.